The number of halogens is 4. The third-order valence-corrected chi connectivity index (χ3v) is 2.48. The van der Waals surface area contributed by atoms with Crippen LogP contribution in [0.1, 0.15) is 0 Å². The fourth-order valence-corrected chi connectivity index (χ4v) is 1.53. The Hall–Kier alpha value is -2.57. The Morgan fingerprint density at radius 1 is 1.00 bits per heavy atom. The molecule has 1 N–H and O–H groups in total. The van der Waals surface area contributed by atoms with E-state index >= 15 is 0 Å². The quantitative estimate of drug-likeness (QED) is 0.695. The van der Waals surface area contributed by atoms with Crippen molar-refractivity contribution in [1.29, 1.82) is 0 Å². The van der Waals surface area contributed by atoms with Gasteiger partial charge < -0.3 is 10.1 Å². The summed E-state index contributed by atoms with van der Waals surface area (Å²) in [7, 11) is 0. The maximum atomic E-state index is 13.3. The first-order valence-corrected chi connectivity index (χ1v) is 5.79. The van der Waals surface area contributed by atoms with E-state index < -0.39 is 41.5 Å². The number of carbonyl (C=O) groups excluding carboxylic acids is 1. The highest BCUT2D eigenvalue weighted by molar-refractivity contribution is 5.91. The smallest absolute Gasteiger partial charge is 0.262 e. The summed E-state index contributed by atoms with van der Waals surface area (Å²) in [5, 5.41) is 2.38. The van der Waals surface area contributed by atoms with Crippen molar-refractivity contribution in [1.82, 2.24) is 0 Å². The Morgan fingerprint density at radius 2 is 1.57 bits per heavy atom. The van der Waals surface area contributed by atoms with Crippen molar-refractivity contribution in [2.45, 2.75) is 0 Å². The second-order valence-corrected chi connectivity index (χ2v) is 4.00. The molecule has 0 saturated heterocycles. The van der Waals surface area contributed by atoms with Gasteiger partial charge in [-0.05, 0) is 12.1 Å². The number of carbonyl (C=O) groups is 1. The molecule has 2 rings (SSSR count). The molecule has 0 unspecified atom stereocenters. The zero-order valence-corrected chi connectivity index (χ0v) is 10.5. The second-order valence-electron chi connectivity index (χ2n) is 4.00. The minimum absolute atomic E-state index is 0.0571. The van der Waals surface area contributed by atoms with Crippen molar-refractivity contribution in [2.75, 3.05) is 11.9 Å². The molecule has 0 atom stereocenters. The molecule has 1 amide bonds. The van der Waals surface area contributed by atoms with Gasteiger partial charge in [0.05, 0.1) is 0 Å². The topological polar surface area (TPSA) is 38.3 Å². The Kier molecular flexibility index (Phi) is 4.42. The first-order chi connectivity index (χ1) is 9.99. The number of rotatable bonds is 4. The largest absolute Gasteiger partial charge is 0.477 e. The summed E-state index contributed by atoms with van der Waals surface area (Å²) < 4.78 is 56.9. The molecule has 2 aromatic carbocycles. The summed E-state index contributed by atoms with van der Waals surface area (Å²) >= 11 is 0. The molecule has 110 valence electrons. The van der Waals surface area contributed by atoms with Gasteiger partial charge >= 0.3 is 0 Å². The van der Waals surface area contributed by atoms with Gasteiger partial charge in [-0.15, -0.1) is 0 Å². The molecule has 3 nitrogen and oxygen atoms in total. The van der Waals surface area contributed by atoms with E-state index in [0.29, 0.717) is 5.69 Å². The normalized spacial score (nSPS) is 10.3. The predicted octanol–water partition coefficient (Wildman–Crippen LogP) is 3.26. The number of benzene rings is 2. The zero-order chi connectivity index (χ0) is 15.4. The monoisotopic (exact) mass is 299 g/mol. The van der Waals surface area contributed by atoms with Gasteiger partial charge in [-0.25, -0.2) is 8.78 Å². The minimum Gasteiger partial charge on any atom is -0.477 e. The lowest BCUT2D eigenvalue weighted by Crippen LogP contribution is -2.21. The van der Waals surface area contributed by atoms with E-state index in [9.17, 15) is 22.4 Å². The van der Waals surface area contributed by atoms with E-state index in [4.69, 9.17) is 0 Å². The summed E-state index contributed by atoms with van der Waals surface area (Å²) in [6.45, 7) is -0.800. The van der Waals surface area contributed by atoms with Crippen LogP contribution in [-0.2, 0) is 4.79 Å². The number of hydrogen-bond acceptors (Lipinski definition) is 2. The SMILES string of the molecule is O=C(COc1c(F)c(F)cc(F)c1F)Nc1ccccc1. The maximum Gasteiger partial charge on any atom is 0.262 e. The molecular formula is C14H9F4NO2. The number of anilines is 1. The molecular weight excluding hydrogens is 290 g/mol. The van der Waals surface area contributed by atoms with Crippen LogP contribution in [-0.4, -0.2) is 12.5 Å². The van der Waals surface area contributed by atoms with Crippen molar-refractivity contribution in [3.8, 4) is 5.75 Å². The van der Waals surface area contributed by atoms with E-state index in [0.717, 1.165) is 0 Å². The lowest BCUT2D eigenvalue weighted by Gasteiger charge is -2.09. The lowest BCUT2D eigenvalue weighted by atomic mass is 10.3. The molecule has 7 heteroatoms. The summed E-state index contributed by atoms with van der Waals surface area (Å²) in [4.78, 5) is 11.5. The molecule has 0 aliphatic carbocycles. The van der Waals surface area contributed by atoms with Gasteiger partial charge in [-0.1, -0.05) is 18.2 Å². The van der Waals surface area contributed by atoms with Crippen molar-refractivity contribution in [3.63, 3.8) is 0 Å². The van der Waals surface area contributed by atoms with Crippen LogP contribution >= 0.6 is 0 Å². The van der Waals surface area contributed by atoms with Crippen molar-refractivity contribution < 1.29 is 27.1 Å². The number of para-hydroxylation sites is 1. The van der Waals surface area contributed by atoms with Crippen molar-refractivity contribution in [3.05, 3.63) is 59.7 Å². The summed E-state index contributed by atoms with van der Waals surface area (Å²) in [6.07, 6.45) is 0. The average Bonchev–Trinajstić information content (AvgIpc) is 2.46. The van der Waals surface area contributed by atoms with Crippen LogP contribution < -0.4 is 10.1 Å². The molecule has 0 aliphatic heterocycles. The van der Waals surface area contributed by atoms with Gasteiger partial charge in [0.15, 0.2) is 24.0 Å². The molecule has 0 fully saturated rings. The molecule has 0 bridgehead atoms. The van der Waals surface area contributed by atoms with Crippen LogP contribution in [0, 0.1) is 23.3 Å². The Morgan fingerprint density at radius 3 is 2.14 bits per heavy atom. The molecule has 2 aromatic rings. The van der Waals surface area contributed by atoms with Crippen LogP contribution in [0.25, 0.3) is 0 Å². The third kappa shape index (κ3) is 3.50. The molecule has 0 aliphatic rings. The minimum atomic E-state index is -1.69. The first-order valence-electron chi connectivity index (χ1n) is 5.79. The van der Waals surface area contributed by atoms with Crippen LogP contribution in [0.5, 0.6) is 5.75 Å². The van der Waals surface area contributed by atoms with Gasteiger partial charge in [0, 0.05) is 11.8 Å². The van der Waals surface area contributed by atoms with Gasteiger partial charge in [-0.2, -0.15) is 8.78 Å². The van der Waals surface area contributed by atoms with E-state index in [1.807, 2.05) is 0 Å². The first kappa shape index (κ1) is 14.8. The zero-order valence-electron chi connectivity index (χ0n) is 10.5. The van der Waals surface area contributed by atoms with Crippen LogP contribution in [0.2, 0.25) is 0 Å². The van der Waals surface area contributed by atoms with Gasteiger partial charge in [0.2, 0.25) is 11.6 Å². The number of hydrogen-bond donors (Lipinski definition) is 1. The predicted molar refractivity (Wildman–Crippen MR) is 66.8 cm³/mol. The summed E-state index contributed by atoms with van der Waals surface area (Å²) in [5.74, 6) is -8.59. The van der Waals surface area contributed by atoms with E-state index in [2.05, 4.69) is 10.1 Å². The third-order valence-electron chi connectivity index (χ3n) is 2.48. The lowest BCUT2D eigenvalue weighted by molar-refractivity contribution is -0.118. The summed E-state index contributed by atoms with van der Waals surface area (Å²) in [6, 6.07) is 8.28. The standard InChI is InChI=1S/C14H9F4NO2/c15-9-6-10(16)13(18)14(12(9)17)21-7-11(20)19-8-4-2-1-3-5-8/h1-6H,7H2,(H,19,20). The van der Waals surface area contributed by atoms with Crippen molar-refractivity contribution in [2.24, 2.45) is 0 Å². The highest BCUT2D eigenvalue weighted by atomic mass is 19.2. The molecule has 0 heterocycles. The number of ether oxygens (including phenoxy) is 1. The molecule has 0 radical (unpaired) electrons. The highest BCUT2D eigenvalue weighted by Crippen LogP contribution is 2.26. The van der Waals surface area contributed by atoms with Crippen molar-refractivity contribution >= 4 is 11.6 Å². The van der Waals surface area contributed by atoms with E-state index in [1.54, 1.807) is 30.3 Å². The molecule has 21 heavy (non-hydrogen) atoms. The Bertz CT molecular complexity index is 636. The fraction of sp³-hybridized carbons (Fsp3) is 0.0714. The molecule has 0 aromatic heterocycles. The average molecular weight is 299 g/mol. The Labute approximate surface area is 117 Å². The van der Waals surface area contributed by atoms with Gasteiger partial charge in [0.25, 0.3) is 5.91 Å². The van der Waals surface area contributed by atoms with E-state index in [1.165, 1.54) is 0 Å². The molecule has 0 saturated carbocycles. The highest BCUT2D eigenvalue weighted by Gasteiger charge is 2.21. The number of nitrogens with one attached hydrogen (secondary N) is 1. The van der Waals surface area contributed by atoms with Crippen LogP contribution in [0.15, 0.2) is 36.4 Å². The maximum absolute atomic E-state index is 13.3. The van der Waals surface area contributed by atoms with E-state index in [-0.39, 0.29) is 6.07 Å². The second kappa shape index (κ2) is 6.25. The fourth-order valence-electron chi connectivity index (χ4n) is 1.53. The molecule has 0 spiro atoms. The van der Waals surface area contributed by atoms with Gasteiger partial charge in [0.1, 0.15) is 0 Å². The van der Waals surface area contributed by atoms with Gasteiger partial charge in [-0.3, -0.25) is 4.79 Å². The Balaban J connectivity index is 2.05. The van der Waals surface area contributed by atoms with Crippen LogP contribution in [0.3, 0.4) is 0 Å². The number of amides is 1. The summed E-state index contributed by atoms with van der Waals surface area (Å²) in [5.41, 5.74) is 0.442. The van der Waals surface area contributed by atoms with Crippen LogP contribution in [0.4, 0.5) is 23.2 Å².